The van der Waals surface area contributed by atoms with E-state index in [1.807, 2.05) is 40.8 Å². The lowest BCUT2D eigenvalue weighted by Gasteiger charge is -2.18. The number of hydrogen-bond donors (Lipinski definition) is 1. The van der Waals surface area contributed by atoms with Crippen LogP contribution in [0, 0.1) is 0 Å². The average molecular weight is 470 g/mol. The van der Waals surface area contributed by atoms with E-state index in [9.17, 15) is 13.2 Å². The van der Waals surface area contributed by atoms with Crippen molar-refractivity contribution < 1.29 is 13.2 Å². The summed E-state index contributed by atoms with van der Waals surface area (Å²) in [6, 6.07) is 18.0. The molecule has 0 bridgehead atoms. The van der Waals surface area contributed by atoms with Crippen LogP contribution < -0.4 is 5.32 Å². The number of para-hydroxylation sites is 1. The van der Waals surface area contributed by atoms with Gasteiger partial charge in [0, 0.05) is 18.8 Å². The molecule has 2 aromatic carbocycles. The first kappa shape index (κ1) is 22.3. The van der Waals surface area contributed by atoms with E-state index in [2.05, 4.69) is 15.5 Å². The predicted molar refractivity (Wildman–Crippen MR) is 126 cm³/mol. The molecule has 32 heavy (non-hydrogen) atoms. The molecule has 8 nitrogen and oxygen atoms in total. The van der Waals surface area contributed by atoms with Gasteiger partial charge in [0.05, 0.1) is 16.2 Å². The van der Waals surface area contributed by atoms with Crippen LogP contribution in [0.25, 0.3) is 16.6 Å². The van der Waals surface area contributed by atoms with Gasteiger partial charge in [0.15, 0.2) is 10.8 Å². The van der Waals surface area contributed by atoms with Gasteiger partial charge in [-0.25, -0.2) is 8.42 Å². The second kappa shape index (κ2) is 9.27. The SMILES string of the molecule is CCN(CC)S(=O)(=O)c1ccc(NC(=O)CSc2nnc3ccc4ccccc4n23)cc1. The number of sulfonamides is 1. The average Bonchev–Trinajstić information content (AvgIpc) is 3.22. The van der Waals surface area contributed by atoms with Crippen LogP contribution in [0.1, 0.15) is 13.8 Å². The summed E-state index contributed by atoms with van der Waals surface area (Å²) < 4.78 is 28.5. The van der Waals surface area contributed by atoms with Gasteiger partial charge < -0.3 is 5.32 Å². The number of rotatable bonds is 8. The number of anilines is 1. The molecular formula is C22H23N5O3S2. The van der Waals surface area contributed by atoms with Crippen molar-refractivity contribution in [2.45, 2.75) is 23.9 Å². The van der Waals surface area contributed by atoms with E-state index in [1.54, 1.807) is 26.0 Å². The summed E-state index contributed by atoms with van der Waals surface area (Å²) in [5.41, 5.74) is 2.23. The topological polar surface area (TPSA) is 96.7 Å². The quantitative estimate of drug-likeness (QED) is 0.396. The van der Waals surface area contributed by atoms with E-state index in [1.165, 1.54) is 28.2 Å². The van der Waals surface area contributed by atoms with Gasteiger partial charge in [0.25, 0.3) is 0 Å². The third kappa shape index (κ3) is 4.34. The molecule has 2 aromatic heterocycles. The molecule has 4 rings (SSSR count). The summed E-state index contributed by atoms with van der Waals surface area (Å²) in [7, 11) is -3.53. The third-order valence-electron chi connectivity index (χ3n) is 5.06. The van der Waals surface area contributed by atoms with Crippen LogP contribution >= 0.6 is 11.8 Å². The fourth-order valence-electron chi connectivity index (χ4n) is 3.46. The highest BCUT2D eigenvalue weighted by Crippen LogP contribution is 2.24. The molecule has 0 saturated carbocycles. The fraction of sp³-hybridized carbons (Fsp3) is 0.227. The maximum atomic E-state index is 12.6. The number of benzene rings is 2. The van der Waals surface area contributed by atoms with Gasteiger partial charge in [-0.05, 0) is 47.9 Å². The van der Waals surface area contributed by atoms with Crippen molar-refractivity contribution in [3.8, 4) is 0 Å². The van der Waals surface area contributed by atoms with Crippen LogP contribution in [-0.2, 0) is 14.8 Å². The Morgan fingerprint density at radius 1 is 1.00 bits per heavy atom. The second-order valence-electron chi connectivity index (χ2n) is 7.02. The summed E-state index contributed by atoms with van der Waals surface area (Å²) in [5.74, 6) is -0.0740. The molecule has 0 aliphatic rings. The lowest BCUT2D eigenvalue weighted by Crippen LogP contribution is -2.30. The van der Waals surface area contributed by atoms with Crippen molar-refractivity contribution in [3.05, 3.63) is 60.7 Å². The molecule has 0 radical (unpaired) electrons. The standard InChI is InChI=1S/C22H23N5O3S2/c1-3-26(4-2)32(29,30)18-12-10-17(11-13-18)23-21(28)15-31-22-25-24-20-14-9-16-7-5-6-8-19(16)27(20)22/h5-14H,3-4,15H2,1-2H3,(H,23,28). The molecule has 0 atom stereocenters. The molecule has 1 amide bonds. The Labute approximate surface area is 190 Å². The van der Waals surface area contributed by atoms with E-state index >= 15 is 0 Å². The summed E-state index contributed by atoms with van der Waals surface area (Å²) >= 11 is 1.29. The van der Waals surface area contributed by atoms with Crippen molar-refractivity contribution in [3.63, 3.8) is 0 Å². The summed E-state index contributed by atoms with van der Waals surface area (Å²) in [6.07, 6.45) is 0. The Morgan fingerprint density at radius 2 is 1.72 bits per heavy atom. The van der Waals surface area contributed by atoms with Gasteiger partial charge in [0.2, 0.25) is 15.9 Å². The molecule has 0 aliphatic heterocycles. The molecule has 0 aliphatic carbocycles. The van der Waals surface area contributed by atoms with Crippen LogP contribution in [0.3, 0.4) is 0 Å². The van der Waals surface area contributed by atoms with E-state index in [-0.39, 0.29) is 16.6 Å². The maximum Gasteiger partial charge on any atom is 0.243 e. The van der Waals surface area contributed by atoms with Crippen molar-refractivity contribution >= 4 is 49.9 Å². The molecular weight excluding hydrogens is 446 g/mol. The number of nitrogens with one attached hydrogen (secondary N) is 1. The number of thioether (sulfide) groups is 1. The monoisotopic (exact) mass is 469 g/mol. The van der Waals surface area contributed by atoms with Gasteiger partial charge in [-0.2, -0.15) is 4.31 Å². The zero-order valence-electron chi connectivity index (χ0n) is 17.7. The lowest BCUT2D eigenvalue weighted by atomic mass is 10.2. The van der Waals surface area contributed by atoms with Gasteiger partial charge in [-0.1, -0.05) is 43.8 Å². The predicted octanol–water partition coefficient (Wildman–Crippen LogP) is 3.64. The Bertz CT molecular complexity index is 1360. The largest absolute Gasteiger partial charge is 0.325 e. The molecule has 10 heteroatoms. The molecule has 166 valence electrons. The number of aromatic nitrogens is 3. The zero-order chi connectivity index (χ0) is 22.7. The first-order chi connectivity index (χ1) is 15.4. The van der Waals surface area contributed by atoms with Crippen molar-refractivity contribution in [2.24, 2.45) is 0 Å². The van der Waals surface area contributed by atoms with E-state index in [0.29, 0.717) is 23.9 Å². The van der Waals surface area contributed by atoms with Crippen LogP contribution in [0.2, 0.25) is 0 Å². The minimum atomic E-state index is -3.53. The Kier molecular flexibility index (Phi) is 6.45. The van der Waals surface area contributed by atoms with Crippen LogP contribution in [0.15, 0.2) is 70.7 Å². The number of carbonyl (C=O) groups excluding carboxylic acids is 1. The van der Waals surface area contributed by atoms with Crippen molar-refractivity contribution in [1.29, 1.82) is 0 Å². The van der Waals surface area contributed by atoms with Crippen LogP contribution in [0.4, 0.5) is 5.69 Å². The van der Waals surface area contributed by atoms with E-state index in [4.69, 9.17) is 0 Å². The molecule has 0 unspecified atom stereocenters. The summed E-state index contributed by atoms with van der Waals surface area (Å²) in [4.78, 5) is 12.7. The zero-order valence-corrected chi connectivity index (χ0v) is 19.4. The number of hydrogen-bond acceptors (Lipinski definition) is 6. The van der Waals surface area contributed by atoms with Crippen molar-refractivity contribution in [1.82, 2.24) is 18.9 Å². The molecule has 4 aromatic rings. The molecule has 0 spiro atoms. The number of carbonyl (C=O) groups is 1. The normalized spacial score (nSPS) is 12.0. The van der Waals surface area contributed by atoms with Gasteiger partial charge in [-0.3, -0.25) is 9.20 Å². The van der Waals surface area contributed by atoms with Crippen LogP contribution in [-0.4, -0.2) is 52.1 Å². The Hall–Kier alpha value is -2.95. The van der Waals surface area contributed by atoms with E-state index in [0.717, 1.165) is 16.6 Å². The highest BCUT2D eigenvalue weighted by molar-refractivity contribution is 7.99. The number of amides is 1. The minimum Gasteiger partial charge on any atom is -0.325 e. The maximum absolute atomic E-state index is 12.6. The van der Waals surface area contributed by atoms with Gasteiger partial charge in [-0.15, -0.1) is 10.2 Å². The Morgan fingerprint density at radius 3 is 2.44 bits per heavy atom. The number of pyridine rings is 1. The van der Waals surface area contributed by atoms with Crippen molar-refractivity contribution in [2.75, 3.05) is 24.2 Å². The first-order valence-electron chi connectivity index (χ1n) is 10.2. The van der Waals surface area contributed by atoms with Gasteiger partial charge in [0.1, 0.15) is 0 Å². The second-order valence-corrected chi connectivity index (χ2v) is 9.90. The fourth-order valence-corrected chi connectivity index (χ4v) is 5.67. The summed E-state index contributed by atoms with van der Waals surface area (Å²) in [6.45, 7) is 4.41. The molecule has 0 saturated heterocycles. The highest BCUT2D eigenvalue weighted by Gasteiger charge is 2.21. The third-order valence-corrected chi connectivity index (χ3v) is 8.05. The van der Waals surface area contributed by atoms with Crippen LogP contribution in [0.5, 0.6) is 0 Å². The first-order valence-corrected chi connectivity index (χ1v) is 12.6. The molecule has 1 N–H and O–H groups in total. The molecule has 2 heterocycles. The highest BCUT2D eigenvalue weighted by atomic mass is 32.2. The number of nitrogens with zero attached hydrogens (tertiary/aromatic N) is 4. The van der Waals surface area contributed by atoms with Gasteiger partial charge >= 0.3 is 0 Å². The Balaban J connectivity index is 1.44. The van der Waals surface area contributed by atoms with E-state index < -0.39 is 10.0 Å². The minimum absolute atomic E-state index is 0.142. The smallest absolute Gasteiger partial charge is 0.243 e. The lowest BCUT2D eigenvalue weighted by molar-refractivity contribution is -0.113. The molecule has 0 fully saturated rings. The summed E-state index contributed by atoms with van der Waals surface area (Å²) in [5, 5.41) is 12.9. The number of fused-ring (bicyclic) bond motifs is 3.